The van der Waals surface area contributed by atoms with Gasteiger partial charge in [0.15, 0.2) is 11.0 Å². The van der Waals surface area contributed by atoms with E-state index in [1.54, 1.807) is 39.5 Å². The van der Waals surface area contributed by atoms with E-state index in [4.69, 9.17) is 9.15 Å². The number of ether oxygens (including phenoxy) is 1. The average Bonchev–Trinajstić information content (AvgIpc) is 2.69. The van der Waals surface area contributed by atoms with E-state index in [1.165, 1.54) is 6.07 Å². The number of anilines is 2. The van der Waals surface area contributed by atoms with Crippen LogP contribution in [0.2, 0.25) is 0 Å². The third kappa shape index (κ3) is 6.17. The normalized spacial score (nSPS) is 15.6. The molecule has 0 atom stereocenters. The second-order valence-electron chi connectivity index (χ2n) is 9.62. The summed E-state index contributed by atoms with van der Waals surface area (Å²) in [5, 5.41) is 2.61. The summed E-state index contributed by atoms with van der Waals surface area (Å²) in [7, 11) is -4.80. The molecule has 0 spiro atoms. The van der Waals surface area contributed by atoms with Gasteiger partial charge >= 0.3 is 16.4 Å². The molecule has 1 aromatic heterocycles. The fraction of sp³-hybridized carbons (Fsp3) is 0.545. The number of amides is 1. The summed E-state index contributed by atoms with van der Waals surface area (Å²) in [6, 6.07) is 1.93. The van der Waals surface area contributed by atoms with Gasteiger partial charge in [-0.15, -0.1) is 0 Å². The molecule has 3 N–H and O–H groups in total. The van der Waals surface area contributed by atoms with Gasteiger partial charge in [-0.05, 0) is 53.5 Å². The Morgan fingerprint density at radius 2 is 1.85 bits per heavy atom. The van der Waals surface area contributed by atoms with Crippen molar-refractivity contribution in [1.29, 1.82) is 0 Å². The number of fused-ring (bicyclic) bond motifs is 1. The van der Waals surface area contributed by atoms with Gasteiger partial charge in [-0.1, -0.05) is 0 Å². The Balaban J connectivity index is 1.99. The predicted octanol–water partition coefficient (Wildman–Crippen LogP) is 4.08. The van der Waals surface area contributed by atoms with Crippen molar-refractivity contribution in [3.63, 3.8) is 0 Å². The van der Waals surface area contributed by atoms with Crippen LogP contribution in [0.25, 0.3) is 11.0 Å². The molecule has 12 heteroatoms. The molecule has 1 aromatic carbocycles. The molecular weight excluding hydrogens is 469 g/mol. The molecule has 188 valence electrons. The van der Waals surface area contributed by atoms with E-state index < -0.39 is 38.9 Å². The summed E-state index contributed by atoms with van der Waals surface area (Å²) >= 11 is 0. The first-order chi connectivity index (χ1) is 15.6. The number of likely N-dealkylation sites (tertiary alicyclic amines) is 1. The number of nitrogens with zero attached hydrogens (tertiary/aromatic N) is 1. The SMILES string of the molecule is CC(C)Nc1c(F)cc2c(=O)cc(C3CCN(C(=O)OC(C)(C)C)CC3)oc2c1NS(=O)(=O)O. The highest BCUT2D eigenvalue weighted by Gasteiger charge is 2.30. The summed E-state index contributed by atoms with van der Waals surface area (Å²) in [4.78, 5) is 26.7. The second-order valence-corrected chi connectivity index (χ2v) is 10.8. The zero-order valence-electron chi connectivity index (χ0n) is 19.8. The number of rotatable bonds is 5. The number of piperidine rings is 1. The lowest BCUT2D eigenvalue weighted by Gasteiger charge is -2.33. The average molecular weight is 500 g/mol. The van der Waals surface area contributed by atoms with Crippen molar-refractivity contribution >= 4 is 38.7 Å². The van der Waals surface area contributed by atoms with Gasteiger partial charge in [-0.3, -0.25) is 14.1 Å². The fourth-order valence-corrected chi connectivity index (χ4v) is 4.26. The zero-order valence-corrected chi connectivity index (χ0v) is 20.6. The molecule has 0 bridgehead atoms. The lowest BCUT2D eigenvalue weighted by atomic mass is 9.94. The first-order valence-corrected chi connectivity index (χ1v) is 12.4. The smallest absolute Gasteiger partial charge is 0.410 e. The monoisotopic (exact) mass is 499 g/mol. The molecule has 1 aliphatic rings. The van der Waals surface area contributed by atoms with Gasteiger partial charge in [0.2, 0.25) is 0 Å². The van der Waals surface area contributed by atoms with Crippen LogP contribution >= 0.6 is 0 Å². The van der Waals surface area contributed by atoms with Crippen molar-refractivity contribution in [2.24, 2.45) is 0 Å². The highest BCUT2D eigenvalue weighted by Crippen LogP contribution is 2.37. The van der Waals surface area contributed by atoms with Gasteiger partial charge in [0.1, 0.15) is 22.9 Å². The van der Waals surface area contributed by atoms with Crippen LogP contribution in [0.1, 0.15) is 59.1 Å². The number of benzene rings is 1. The largest absolute Gasteiger partial charge is 0.458 e. The number of carbonyl (C=O) groups is 1. The van der Waals surface area contributed by atoms with Gasteiger partial charge in [-0.2, -0.15) is 8.42 Å². The van der Waals surface area contributed by atoms with Crippen LogP contribution in [-0.4, -0.2) is 48.7 Å². The van der Waals surface area contributed by atoms with Crippen LogP contribution in [0.15, 0.2) is 21.3 Å². The Labute approximate surface area is 197 Å². The van der Waals surface area contributed by atoms with Crippen molar-refractivity contribution in [2.45, 2.75) is 65.0 Å². The lowest BCUT2D eigenvalue weighted by molar-refractivity contribution is 0.0200. The molecular formula is C22H30FN3O7S. The molecule has 0 unspecified atom stereocenters. The van der Waals surface area contributed by atoms with Gasteiger partial charge in [0.05, 0.1) is 11.1 Å². The van der Waals surface area contributed by atoms with Crippen LogP contribution in [0.3, 0.4) is 0 Å². The highest BCUT2D eigenvalue weighted by atomic mass is 32.2. The van der Waals surface area contributed by atoms with E-state index in [0.29, 0.717) is 25.9 Å². The Kier molecular flexibility index (Phi) is 7.13. The highest BCUT2D eigenvalue weighted by molar-refractivity contribution is 7.87. The maximum Gasteiger partial charge on any atom is 0.410 e. The van der Waals surface area contributed by atoms with Gasteiger partial charge in [0, 0.05) is 31.1 Å². The molecule has 0 radical (unpaired) electrons. The second kappa shape index (κ2) is 9.41. The summed E-state index contributed by atoms with van der Waals surface area (Å²) in [6.07, 6.45) is 0.533. The van der Waals surface area contributed by atoms with E-state index in [0.717, 1.165) is 6.07 Å². The Morgan fingerprint density at radius 1 is 1.24 bits per heavy atom. The van der Waals surface area contributed by atoms with Crippen LogP contribution in [0, 0.1) is 5.82 Å². The van der Waals surface area contributed by atoms with Crippen LogP contribution in [0.4, 0.5) is 20.6 Å². The summed E-state index contributed by atoms with van der Waals surface area (Å²) in [5.74, 6) is -0.833. The molecule has 0 saturated carbocycles. The Bertz CT molecular complexity index is 1240. The summed E-state index contributed by atoms with van der Waals surface area (Å²) in [6.45, 7) is 9.53. The first-order valence-electron chi connectivity index (χ1n) is 10.9. The van der Waals surface area contributed by atoms with Gasteiger partial charge < -0.3 is 19.4 Å². The summed E-state index contributed by atoms with van der Waals surface area (Å²) < 4.78 is 60.5. The van der Waals surface area contributed by atoms with Crippen LogP contribution < -0.4 is 15.5 Å². The number of nitrogens with one attached hydrogen (secondary N) is 2. The van der Waals surface area contributed by atoms with E-state index in [-0.39, 0.29) is 34.4 Å². The summed E-state index contributed by atoms with van der Waals surface area (Å²) in [5.41, 5.74) is -2.01. The first kappa shape index (κ1) is 25.8. The van der Waals surface area contributed by atoms with Crippen LogP contribution in [-0.2, 0) is 15.0 Å². The number of hydrogen-bond acceptors (Lipinski definition) is 7. The van der Waals surface area contributed by atoms with E-state index in [2.05, 4.69) is 5.32 Å². The topological polar surface area (TPSA) is 138 Å². The van der Waals surface area contributed by atoms with Crippen molar-refractivity contribution in [3.8, 4) is 0 Å². The van der Waals surface area contributed by atoms with Crippen molar-refractivity contribution < 1.29 is 31.3 Å². The van der Waals surface area contributed by atoms with Gasteiger partial charge in [-0.25, -0.2) is 9.18 Å². The zero-order chi connectivity index (χ0) is 25.4. The molecule has 2 aromatic rings. The maximum atomic E-state index is 14.8. The van der Waals surface area contributed by atoms with Crippen molar-refractivity contribution in [3.05, 3.63) is 33.9 Å². The molecule has 2 heterocycles. The quantitative estimate of drug-likeness (QED) is 0.523. The molecule has 1 aliphatic heterocycles. The molecule has 1 fully saturated rings. The maximum absolute atomic E-state index is 14.8. The molecule has 10 nitrogen and oxygen atoms in total. The number of carbonyl (C=O) groups excluding carboxylic acids is 1. The minimum absolute atomic E-state index is 0.173. The number of hydrogen-bond donors (Lipinski definition) is 3. The Morgan fingerprint density at radius 3 is 2.38 bits per heavy atom. The minimum Gasteiger partial charge on any atom is -0.458 e. The third-order valence-electron chi connectivity index (χ3n) is 5.20. The van der Waals surface area contributed by atoms with E-state index >= 15 is 0 Å². The molecule has 0 aliphatic carbocycles. The third-order valence-corrected chi connectivity index (χ3v) is 5.67. The lowest BCUT2D eigenvalue weighted by Crippen LogP contribution is -2.41. The van der Waals surface area contributed by atoms with Crippen molar-refractivity contribution in [2.75, 3.05) is 23.1 Å². The van der Waals surface area contributed by atoms with Gasteiger partial charge in [0.25, 0.3) is 0 Å². The van der Waals surface area contributed by atoms with Crippen molar-refractivity contribution in [1.82, 2.24) is 4.90 Å². The minimum atomic E-state index is -4.80. The predicted molar refractivity (Wildman–Crippen MR) is 126 cm³/mol. The molecule has 1 saturated heterocycles. The van der Waals surface area contributed by atoms with Crippen LogP contribution in [0.5, 0.6) is 0 Å². The molecule has 34 heavy (non-hydrogen) atoms. The Hall–Kier alpha value is -2.86. The standard InChI is InChI=1S/C22H30FN3O7S/c1-12(2)24-18-15(23)10-14-16(27)11-17(32-20(14)19(18)25-34(29,30)31)13-6-8-26(9-7-13)21(28)33-22(3,4)5/h10-13,24-25H,6-9H2,1-5H3,(H,29,30,31). The van der Waals surface area contributed by atoms with E-state index in [1.807, 2.05) is 4.72 Å². The molecule has 1 amide bonds. The number of halogens is 1. The molecule has 3 rings (SSSR count). The fourth-order valence-electron chi connectivity index (χ4n) is 3.81. The van der Waals surface area contributed by atoms with E-state index in [9.17, 15) is 27.0 Å².